The first kappa shape index (κ1) is 22.3. The lowest BCUT2D eigenvalue weighted by Gasteiger charge is -2.08. The van der Waals surface area contributed by atoms with Crippen LogP contribution in [0.3, 0.4) is 0 Å². The topological polar surface area (TPSA) is 64.6 Å². The molecule has 0 atom stereocenters. The van der Waals surface area contributed by atoms with Crippen LogP contribution in [0.1, 0.15) is 0 Å². The molecule has 25 heavy (non-hydrogen) atoms. The molecule has 0 aliphatic rings. The van der Waals surface area contributed by atoms with Crippen molar-refractivity contribution < 1.29 is 33.2 Å². The van der Waals surface area contributed by atoms with Crippen LogP contribution >= 0.6 is 11.3 Å². The molecule has 0 amide bonds. The van der Waals surface area contributed by atoms with E-state index in [0.717, 1.165) is 5.75 Å². The van der Waals surface area contributed by atoms with Gasteiger partial charge in [-0.1, -0.05) is 0 Å². The molecule has 7 nitrogen and oxygen atoms in total. The minimum absolute atomic E-state index is 0.550. The highest BCUT2D eigenvalue weighted by molar-refractivity contribution is 7.08. The molecular formula is C17H30O7S. The maximum Gasteiger partial charge on any atom is 0.130 e. The third-order valence-corrected chi connectivity index (χ3v) is 3.57. The molecular weight excluding hydrogens is 348 g/mol. The van der Waals surface area contributed by atoms with Crippen molar-refractivity contribution in [1.82, 2.24) is 0 Å². The van der Waals surface area contributed by atoms with Crippen LogP contribution in [0, 0.1) is 0 Å². The lowest BCUT2D eigenvalue weighted by Crippen LogP contribution is -2.14. The Morgan fingerprint density at radius 3 is 1.48 bits per heavy atom. The van der Waals surface area contributed by atoms with Crippen LogP contribution in [-0.4, -0.2) is 86.4 Å². The van der Waals surface area contributed by atoms with E-state index in [0.29, 0.717) is 79.3 Å². The summed E-state index contributed by atoms with van der Waals surface area (Å²) in [5, 5.41) is 3.95. The van der Waals surface area contributed by atoms with E-state index in [1.807, 2.05) is 16.8 Å². The first-order valence-corrected chi connectivity index (χ1v) is 9.40. The Bertz CT molecular complexity index is 362. The van der Waals surface area contributed by atoms with Gasteiger partial charge in [0, 0.05) is 12.5 Å². The van der Waals surface area contributed by atoms with Gasteiger partial charge in [0.1, 0.15) is 12.4 Å². The van der Waals surface area contributed by atoms with Crippen molar-refractivity contribution in [2.75, 3.05) is 86.4 Å². The van der Waals surface area contributed by atoms with Crippen molar-refractivity contribution in [2.24, 2.45) is 0 Å². The van der Waals surface area contributed by atoms with Crippen LogP contribution in [0.4, 0.5) is 0 Å². The maximum absolute atomic E-state index is 5.47. The van der Waals surface area contributed by atoms with Gasteiger partial charge in [0.05, 0.1) is 72.7 Å². The second-order valence-electron chi connectivity index (χ2n) is 4.86. The van der Waals surface area contributed by atoms with Gasteiger partial charge in [0.25, 0.3) is 0 Å². The van der Waals surface area contributed by atoms with Crippen molar-refractivity contribution in [3.8, 4) is 5.75 Å². The van der Waals surface area contributed by atoms with E-state index in [1.54, 1.807) is 18.4 Å². The van der Waals surface area contributed by atoms with Gasteiger partial charge >= 0.3 is 0 Å². The molecule has 0 fully saturated rings. The molecule has 0 spiro atoms. The van der Waals surface area contributed by atoms with Crippen LogP contribution in [-0.2, 0) is 28.4 Å². The number of methoxy groups -OCH3 is 1. The van der Waals surface area contributed by atoms with Crippen molar-refractivity contribution in [3.05, 3.63) is 16.8 Å². The largest absolute Gasteiger partial charge is 0.490 e. The molecule has 0 N–H and O–H groups in total. The summed E-state index contributed by atoms with van der Waals surface area (Å²) >= 11 is 1.61. The number of ether oxygens (including phenoxy) is 7. The molecule has 0 unspecified atom stereocenters. The van der Waals surface area contributed by atoms with Gasteiger partial charge in [-0.3, -0.25) is 0 Å². The van der Waals surface area contributed by atoms with E-state index in [-0.39, 0.29) is 0 Å². The average molecular weight is 378 g/mol. The molecule has 0 aliphatic heterocycles. The smallest absolute Gasteiger partial charge is 0.130 e. The number of thiophene rings is 1. The van der Waals surface area contributed by atoms with Gasteiger partial charge in [-0.2, -0.15) is 0 Å². The molecule has 0 saturated carbocycles. The molecule has 8 heteroatoms. The average Bonchev–Trinajstić information content (AvgIpc) is 3.14. The number of rotatable bonds is 19. The number of hydrogen-bond donors (Lipinski definition) is 0. The zero-order valence-corrected chi connectivity index (χ0v) is 15.8. The fraction of sp³-hybridized carbons (Fsp3) is 0.765. The predicted octanol–water partition coefficient (Wildman–Crippen LogP) is 1.86. The van der Waals surface area contributed by atoms with Crippen molar-refractivity contribution >= 4 is 11.3 Å². The van der Waals surface area contributed by atoms with Crippen molar-refractivity contribution in [1.29, 1.82) is 0 Å². The summed E-state index contributed by atoms with van der Waals surface area (Å²) in [4.78, 5) is 0. The molecule has 0 bridgehead atoms. The Labute approximate surface area is 154 Å². The second kappa shape index (κ2) is 18.1. The highest BCUT2D eigenvalue weighted by Crippen LogP contribution is 2.14. The summed E-state index contributed by atoms with van der Waals surface area (Å²) in [5.41, 5.74) is 0. The van der Waals surface area contributed by atoms with Crippen LogP contribution in [0.2, 0.25) is 0 Å². The van der Waals surface area contributed by atoms with E-state index in [9.17, 15) is 0 Å². The van der Waals surface area contributed by atoms with Crippen LogP contribution in [0.15, 0.2) is 16.8 Å². The van der Waals surface area contributed by atoms with Gasteiger partial charge in [-0.25, -0.2) is 0 Å². The van der Waals surface area contributed by atoms with E-state index in [4.69, 9.17) is 33.2 Å². The van der Waals surface area contributed by atoms with E-state index in [2.05, 4.69) is 0 Å². The minimum atomic E-state index is 0.550. The van der Waals surface area contributed by atoms with Gasteiger partial charge < -0.3 is 33.2 Å². The first-order valence-electron chi connectivity index (χ1n) is 8.46. The van der Waals surface area contributed by atoms with E-state index >= 15 is 0 Å². The molecule has 146 valence electrons. The Morgan fingerprint density at radius 1 is 0.640 bits per heavy atom. The predicted molar refractivity (Wildman–Crippen MR) is 95.8 cm³/mol. The van der Waals surface area contributed by atoms with Crippen molar-refractivity contribution in [3.63, 3.8) is 0 Å². The lowest BCUT2D eigenvalue weighted by atomic mass is 10.6. The molecule has 0 aliphatic carbocycles. The Hall–Kier alpha value is -0.740. The molecule has 0 saturated heterocycles. The Balaban J connectivity index is 1.65. The molecule has 1 aromatic rings. The van der Waals surface area contributed by atoms with Crippen LogP contribution in [0.25, 0.3) is 0 Å². The summed E-state index contributed by atoms with van der Waals surface area (Å²) < 4.78 is 37.2. The molecule has 0 radical (unpaired) electrons. The standard InChI is InChI=1S/C17H30O7S/c1-18-3-4-19-5-6-20-7-8-21-9-10-22-11-12-23-13-14-24-17-2-15-25-16-17/h2,15-16H,3-14H2,1H3. The summed E-state index contributed by atoms with van der Waals surface area (Å²) in [6.45, 7) is 6.77. The summed E-state index contributed by atoms with van der Waals surface area (Å²) in [7, 11) is 1.65. The minimum Gasteiger partial charge on any atom is -0.490 e. The zero-order chi connectivity index (χ0) is 17.8. The maximum atomic E-state index is 5.47. The number of hydrogen-bond acceptors (Lipinski definition) is 8. The van der Waals surface area contributed by atoms with Gasteiger partial charge in [-0.15, -0.1) is 11.3 Å². The second-order valence-corrected chi connectivity index (χ2v) is 5.64. The highest BCUT2D eigenvalue weighted by Gasteiger charge is 1.95. The monoisotopic (exact) mass is 378 g/mol. The normalized spacial score (nSPS) is 11.1. The summed E-state index contributed by atoms with van der Waals surface area (Å²) in [5.74, 6) is 0.893. The molecule has 0 aromatic carbocycles. The third kappa shape index (κ3) is 15.2. The van der Waals surface area contributed by atoms with Gasteiger partial charge in [0.15, 0.2) is 0 Å². The fourth-order valence-electron chi connectivity index (χ4n) is 1.68. The van der Waals surface area contributed by atoms with Gasteiger partial charge in [0.2, 0.25) is 0 Å². The van der Waals surface area contributed by atoms with Crippen molar-refractivity contribution in [2.45, 2.75) is 0 Å². The highest BCUT2D eigenvalue weighted by atomic mass is 32.1. The van der Waals surface area contributed by atoms with E-state index in [1.165, 1.54) is 0 Å². The third-order valence-electron chi connectivity index (χ3n) is 2.91. The summed E-state index contributed by atoms with van der Waals surface area (Å²) in [6.07, 6.45) is 0. The van der Waals surface area contributed by atoms with Crippen LogP contribution < -0.4 is 4.74 Å². The summed E-state index contributed by atoms with van der Waals surface area (Å²) in [6, 6.07) is 1.94. The molecule has 1 aromatic heterocycles. The van der Waals surface area contributed by atoms with Crippen LogP contribution in [0.5, 0.6) is 5.75 Å². The Morgan fingerprint density at radius 2 is 1.08 bits per heavy atom. The lowest BCUT2D eigenvalue weighted by molar-refractivity contribution is -0.0159. The fourth-order valence-corrected chi connectivity index (χ4v) is 2.25. The van der Waals surface area contributed by atoms with Gasteiger partial charge in [-0.05, 0) is 11.4 Å². The molecule has 1 rings (SSSR count). The SMILES string of the molecule is COCCOCCOCCOCCOCCOCCOc1ccsc1. The molecule has 1 heterocycles. The van der Waals surface area contributed by atoms with E-state index < -0.39 is 0 Å². The first-order chi connectivity index (χ1) is 12.4. The Kier molecular flexibility index (Phi) is 16.1. The quantitative estimate of drug-likeness (QED) is 0.340. The zero-order valence-electron chi connectivity index (χ0n) is 15.0.